The number of carbonyl (C=O) groups is 1. The van der Waals surface area contributed by atoms with E-state index in [9.17, 15) is 9.18 Å². The van der Waals surface area contributed by atoms with Crippen LogP contribution in [-0.2, 0) is 13.2 Å². The zero-order chi connectivity index (χ0) is 21.6. The SMILES string of the molecule is Cc1ccc(Cn2ccc(NC(=O)c3ccc(COc4ccc(F)cc4)cc3)n2)cc1. The van der Waals surface area contributed by atoms with Gasteiger partial charge in [-0.1, -0.05) is 42.0 Å². The molecule has 1 aromatic heterocycles. The van der Waals surface area contributed by atoms with Crippen molar-refractivity contribution in [1.29, 1.82) is 0 Å². The molecule has 31 heavy (non-hydrogen) atoms. The summed E-state index contributed by atoms with van der Waals surface area (Å²) < 4.78 is 20.3. The molecule has 4 rings (SSSR count). The van der Waals surface area contributed by atoms with Crippen molar-refractivity contribution in [3.8, 4) is 5.75 Å². The fourth-order valence-electron chi connectivity index (χ4n) is 3.04. The highest BCUT2D eigenvalue weighted by molar-refractivity contribution is 6.03. The molecular weight excluding hydrogens is 393 g/mol. The zero-order valence-corrected chi connectivity index (χ0v) is 17.1. The summed E-state index contributed by atoms with van der Waals surface area (Å²) in [6.07, 6.45) is 1.84. The van der Waals surface area contributed by atoms with Crippen LogP contribution in [0.3, 0.4) is 0 Å². The fourth-order valence-corrected chi connectivity index (χ4v) is 3.04. The number of benzene rings is 3. The van der Waals surface area contributed by atoms with Gasteiger partial charge in [0.1, 0.15) is 18.2 Å². The number of nitrogens with one attached hydrogen (secondary N) is 1. The third-order valence-electron chi connectivity index (χ3n) is 4.78. The van der Waals surface area contributed by atoms with Crippen molar-refractivity contribution in [1.82, 2.24) is 9.78 Å². The van der Waals surface area contributed by atoms with Crippen LogP contribution in [0.1, 0.15) is 27.0 Å². The van der Waals surface area contributed by atoms with E-state index in [4.69, 9.17) is 4.74 Å². The number of aromatic nitrogens is 2. The molecule has 0 radical (unpaired) electrons. The number of hydrogen-bond acceptors (Lipinski definition) is 3. The van der Waals surface area contributed by atoms with Gasteiger partial charge in [0.05, 0.1) is 6.54 Å². The first-order chi connectivity index (χ1) is 15.0. The minimum Gasteiger partial charge on any atom is -0.489 e. The van der Waals surface area contributed by atoms with Crippen LogP contribution in [0.4, 0.5) is 10.2 Å². The van der Waals surface area contributed by atoms with Crippen molar-refractivity contribution in [2.75, 3.05) is 5.32 Å². The van der Waals surface area contributed by atoms with Gasteiger partial charge in [-0.3, -0.25) is 9.48 Å². The van der Waals surface area contributed by atoms with E-state index in [-0.39, 0.29) is 11.7 Å². The van der Waals surface area contributed by atoms with Crippen LogP contribution in [0.25, 0.3) is 0 Å². The van der Waals surface area contributed by atoms with Crippen molar-refractivity contribution in [2.24, 2.45) is 0 Å². The number of nitrogens with zero attached hydrogens (tertiary/aromatic N) is 2. The molecule has 0 unspecified atom stereocenters. The van der Waals surface area contributed by atoms with Crippen LogP contribution < -0.4 is 10.1 Å². The van der Waals surface area contributed by atoms with Gasteiger partial charge in [0.15, 0.2) is 5.82 Å². The van der Waals surface area contributed by atoms with Crippen molar-refractivity contribution >= 4 is 11.7 Å². The molecule has 0 fully saturated rings. The average molecular weight is 415 g/mol. The largest absolute Gasteiger partial charge is 0.489 e. The Kier molecular flexibility index (Phi) is 6.08. The Bertz CT molecular complexity index is 1150. The van der Waals surface area contributed by atoms with Gasteiger partial charge in [0, 0.05) is 17.8 Å². The summed E-state index contributed by atoms with van der Waals surface area (Å²) in [5, 5.41) is 7.24. The van der Waals surface area contributed by atoms with Gasteiger partial charge in [0.25, 0.3) is 5.91 Å². The minimum absolute atomic E-state index is 0.230. The number of rotatable bonds is 7. The van der Waals surface area contributed by atoms with Gasteiger partial charge in [-0.2, -0.15) is 5.10 Å². The van der Waals surface area contributed by atoms with E-state index in [0.29, 0.717) is 30.3 Å². The lowest BCUT2D eigenvalue weighted by Gasteiger charge is -2.07. The maximum atomic E-state index is 12.9. The third kappa shape index (κ3) is 5.57. The Labute approximate surface area is 180 Å². The molecule has 1 N–H and O–H groups in total. The van der Waals surface area contributed by atoms with Gasteiger partial charge in [0.2, 0.25) is 0 Å². The summed E-state index contributed by atoms with van der Waals surface area (Å²) in [5.41, 5.74) is 3.79. The second-order valence-electron chi connectivity index (χ2n) is 7.28. The maximum absolute atomic E-state index is 12.9. The number of hydrogen-bond donors (Lipinski definition) is 1. The monoisotopic (exact) mass is 415 g/mol. The fraction of sp³-hybridized carbons (Fsp3) is 0.120. The highest BCUT2D eigenvalue weighted by Gasteiger charge is 2.09. The van der Waals surface area contributed by atoms with E-state index in [1.165, 1.54) is 17.7 Å². The van der Waals surface area contributed by atoms with Crippen LogP contribution in [0.15, 0.2) is 85.1 Å². The Hall–Kier alpha value is -3.93. The molecule has 1 amide bonds. The van der Waals surface area contributed by atoms with Gasteiger partial charge in [-0.25, -0.2) is 4.39 Å². The lowest BCUT2D eigenvalue weighted by atomic mass is 10.1. The lowest BCUT2D eigenvalue weighted by Crippen LogP contribution is -2.13. The Balaban J connectivity index is 1.31. The summed E-state index contributed by atoms with van der Waals surface area (Å²) in [4.78, 5) is 12.5. The van der Waals surface area contributed by atoms with E-state index in [1.807, 2.05) is 18.3 Å². The molecule has 3 aromatic carbocycles. The molecule has 0 aliphatic rings. The van der Waals surface area contributed by atoms with Crippen LogP contribution in [-0.4, -0.2) is 15.7 Å². The number of amides is 1. The lowest BCUT2D eigenvalue weighted by molar-refractivity contribution is 0.102. The molecule has 0 aliphatic heterocycles. The Morgan fingerprint density at radius 1 is 0.935 bits per heavy atom. The number of ether oxygens (including phenoxy) is 1. The highest BCUT2D eigenvalue weighted by atomic mass is 19.1. The summed E-state index contributed by atoms with van der Waals surface area (Å²) >= 11 is 0. The number of anilines is 1. The molecule has 1 heterocycles. The molecule has 0 atom stereocenters. The molecule has 0 spiro atoms. The van der Waals surface area contributed by atoms with Gasteiger partial charge in [-0.15, -0.1) is 0 Å². The van der Waals surface area contributed by atoms with E-state index in [1.54, 1.807) is 35.0 Å². The maximum Gasteiger partial charge on any atom is 0.256 e. The zero-order valence-electron chi connectivity index (χ0n) is 17.1. The summed E-state index contributed by atoms with van der Waals surface area (Å²) in [7, 11) is 0. The summed E-state index contributed by atoms with van der Waals surface area (Å²) in [5.74, 6) is 0.555. The van der Waals surface area contributed by atoms with Crippen molar-refractivity contribution < 1.29 is 13.9 Å². The van der Waals surface area contributed by atoms with Crippen LogP contribution in [0.2, 0.25) is 0 Å². The van der Waals surface area contributed by atoms with Crippen molar-refractivity contribution in [3.63, 3.8) is 0 Å². The van der Waals surface area contributed by atoms with Crippen molar-refractivity contribution in [2.45, 2.75) is 20.1 Å². The molecular formula is C25H22FN3O2. The van der Waals surface area contributed by atoms with E-state index in [0.717, 1.165) is 11.1 Å². The molecule has 5 nitrogen and oxygen atoms in total. The molecule has 6 heteroatoms. The predicted molar refractivity (Wildman–Crippen MR) is 118 cm³/mol. The second kappa shape index (κ2) is 9.26. The molecule has 0 aliphatic carbocycles. The van der Waals surface area contributed by atoms with Crippen molar-refractivity contribution in [3.05, 3.63) is 113 Å². The topological polar surface area (TPSA) is 56.2 Å². The number of halogens is 1. The molecule has 0 saturated carbocycles. The first-order valence-corrected chi connectivity index (χ1v) is 9.93. The second-order valence-corrected chi connectivity index (χ2v) is 7.28. The standard InChI is InChI=1S/C25H22FN3O2/c1-18-2-4-19(5-3-18)16-29-15-14-24(28-29)27-25(30)21-8-6-20(7-9-21)17-31-23-12-10-22(26)11-13-23/h2-15H,16-17H2,1H3,(H,27,28,30). The van der Waals surface area contributed by atoms with Gasteiger partial charge in [-0.05, 0) is 54.4 Å². The smallest absolute Gasteiger partial charge is 0.256 e. The molecule has 4 aromatic rings. The highest BCUT2D eigenvalue weighted by Crippen LogP contribution is 2.15. The van der Waals surface area contributed by atoms with Gasteiger partial charge < -0.3 is 10.1 Å². The Morgan fingerprint density at radius 2 is 1.61 bits per heavy atom. The number of carbonyl (C=O) groups excluding carboxylic acids is 1. The quantitative estimate of drug-likeness (QED) is 0.451. The van der Waals surface area contributed by atoms with E-state index < -0.39 is 0 Å². The normalized spacial score (nSPS) is 10.6. The van der Waals surface area contributed by atoms with Crippen LogP contribution >= 0.6 is 0 Å². The molecule has 156 valence electrons. The number of aryl methyl sites for hydroxylation is 1. The first kappa shape index (κ1) is 20.3. The minimum atomic E-state index is -0.303. The van der Waals surface area contributed by atoms with Crippen LogP contribution in [0.5, 0.6) is 5.75 Å². The predicted octanol–water partition coefficient (Wildman–Crippen LogP) is 5.21. The summed E-state index contributed by atoms with van der Waals surface area (Å²) in [6.45, 7) is 3.02. The Morgan fingerprint density at radius 3 is 2.32 bits per heavy atom. The van der Waals surface area contributed by atoms with Crippen LogP contribution in [0, 0.1) is 12.7 Å². The van der Waals surface area contributed by atoms with E-state index in [2.05, 4.69) is 41.6 Å². The molecule has 0 saturated heterocycles. The van der Waals surface area contributed by atoms with Gasteiger partial charge >= 0.3 is 0 Å². The molecule has 0 bridgehead atoms. The van der Waals surface area contributed by atoms with E-state index >= 15 is 0 Å². The summed E-state index contributed by atoms with van der Waals surface area (Å²) in [6, 6.07) is 23.0. The third-order valence-corrected chi connectivity index (χ3v) is 4.78. The first-order valence-electron chi connectivity index (χ1n) is 9.93. The average Bonchev–Trinajstić information content (AvgIpc) is 3.22.